The Bertz CT molecular complexity index is 423. The monoisotopic (exact) mass is 276 g/mol. The van der Waals surface area contributed by atoms with Gasteiger partial charge in [0.25, 0.3) is 0 Å². The predicted molar refractivity (Wildman–Crippen MR) is 85.4 cm³/mol. The summed E-state index contributed by atoms with van der Waals surface area (Å²) >= 11 is 0. The second-order valence-electron chi connectivity index (χ2n) is 5.85. The molecule has 1 aromatic heterocycles. The van der Waals surface area contributed by atoms with E-state index in [1.54, 1.807) is 0 Å². The lowest BCUT2D eigenvalue weighted by Crippen LogP contribution is -2.21. The molecule has 112 valence electrons. The molecule has 1 aromatic rings. The largest absolute Gasteiger partial charge is 0.370 e. The molecular formula is C16H28N4. The Labute approximate surface area is 122 Å². The minimum Gasteiger partial charge on any atom is -0.370 e. The lowest BCUT2D eigenvalue weighted by Gasteiger charge is -2.20. The molecule has 0 unspecified atom stereocenters. The van der Waals surface area contributed by atoms with Crippen molar-refractivity contribution in [3.63, 3.8) is 0 Å². The van der Waals surface area contributed by atoms with Crippen molar-refractivity contribution >= 4 is 11.6 Å². The van der Waals surface area contributed by atoms with Crippen molar-refractivity contribution in [3.05, 3.63) is 11.4 Å². The standard InChI is InChI=1S/C16H28N4/c1-4-11-17-15-12(2)16(19-13(3)18-15)20-14-9-7-5-6-8-10-14/h14H,4-11H2,1-3H3,(H2,17,18,19,20). The molecule has 0 atom stereocenters. The van der Waals surface area contributed by atoms with Gasteiger partial charge >= 0.3 is 0 Å². The maximum atomic E-state index is 4.60. The van der Waals surface area contributed by atoms with Gasteiger partial charge in [-0.15, -0.1) is 0 Å². The van der Waals surface area contributed by atoms with Crippen LogP contribution >= 0.6 is 0 Å². The third-order valence-corrected chi connectivity index (χ3v) is 4.00. The first-order chi connectivity index (χ1) is 9.70. The molecule has 1 saturated carbocycles. The van der Waals surface area contributed by atoms with Crippen LogP contribution in [-0.2, 0) is 0 Å². The predicted octanol–water partition coefficient (Wildman–Crippen LogP) is 4.05. The average molecular weight is 276 g/mol. The first-order valence-corrected chi connectivity index (χ1v) is 8.06. The Morgan fingerprint density at radius 2 is 1.65 bits per heavy atom. The molecule has 1 aliphatic rings. The van der Waals surface area contributed by atoms with Gasteiger partial charge in [-0.2, -0.15) is 0 Å². The number of nitrogens with zero attached hydrogens (tertiary/aromatic N) is 2. The van der Waals surface area contributed by atoms with Crippen LogP contribution in [0.25, 0.3) is 0 Å². The van der Waals surface area contributed by atoms with Crippen LogP contribution in [0, 0.1) is 13.8 Å². The second-order valence-corrected chi connectivity index (χ2v) is 5.85. The van der Waals surface area contributed by atoms with Crippen molar-refractivity contribution in [3.8, 4) is 0 Å². The minimum absolute atomic E-state index is 0.574. The summed E-state index contributed by atoms with van der Waals surface area (Å²) in [6.45, 7) is 7.20. The SMILES string of the molecule is CCCNc1nc(C)nc(NC2CCCCCC2)c1C. The summed E-state index contributed by atoms with van der Waals surface area (Å²) in [4.78, 5) is 9.12. The zero-order chi connectivity index (χ0) is 14.4. The lowest BCUT2D eigenvalue weighted by molar-refractivity contribution is 0.616. The Morgan fingerprint density at radius 1 is 1.00 bits per heavy atom. The normalized spacial score (nSPS) is 16.8. The minimum atomic E-state index is 0.574. The van der Waals surface area contributed by atoms with Crippen LogP contribution in [-0.4, -0.2) is 22.6 Å². The van der Waals surface area contributed by atoms with Crippen molar-refractivity contribution in [2.75, 3.05) is 17.2 Å². The molecule has 1 fully saturated rings. The van der Waals surface area contributed by atoms with E-state index in [2.05, 4.69) is 34.4 Å². The highest BCUT2D eigenvalue weighted by molar-refractivity contribution is 5.57. The molecule has 0 bridgehead atoms. The van der Waals surface area contributed by atoms with E-state index < -0.39 is 0 Å². The van der Waals surface area contributed by atoms with Gasteiger partial charge in [0.1, 0.15) is 17.5 Å². The van der Waals surface area contributed by atoms with E-state index in [4.69, 9.17) is 0 Å². The number of aromatic nitrogens is 2. The number of hydrogen-bond donors (Lipinski definition) is 2. The summed E-state index contributed by atoms with van der Waals surface area (Å²) in [6.07, 6.45) is 9.06. The van der Waals surface area contributed by atoms with Crippen molar-refractivity contribution in [1.82, 2.24) is 9.97 Å². The van der Waals surface area contributed by atoms with Crippen LogP contribution in [0.1, 0.15) is 63.3 Å². The number of aryl methyl sites for hydroxylation is 1. The Hall–Kier alpha value is -1.32. The highest BCUT2D eigenvalue weighted by Crippen LogP contribution is 2.24. The topological polar surface area (TPSA) is 49.8 Å². The summed E-state index contributed by atoms with van der Waals surface area (Å²) in [5, 5.41) is 7.06. The zero-order valence-corrected chi connectivity index (χ0v) is 13.1. The number of rotatable bonds is 5. The van der Waals surface area contributed by atoms with Crippen LogP contribution < -0.4 is 10.6 Å². The fourth-order valence-electron chi connectivity index (χ4n) is 2.80. The molecule has 2 N–H and O–H groups in total. The number of nitrogens with one attached hydrogen (secondary N) is 2. The van der Waals surface area contributed by atoms with Gasteiger partial charge in [-0.3, -0.25) is 0 Å². The van der Waals surface area contributed by atoms with Gasteiger partial charge in [0.15, 0.2) is 0 Å². The van der Waals surface area contributed by atoms with Gasteiger partial charge in [0.2, 0.25) is 0 Å². The van der Waals surface area contributed by atoms with Gasteiger partial charge in [-0.1, -0.05) is 32.6 Å². The van der Waals surface area contributed by atoms with E-state index >= 15 is 0 Å². The number of hydrogen-bond acceptors (Lipinski definition) is 4. The summed E-state index contributed by atoms with van der Waals surface area (Å²) in [5.74, 6) is 2.84. The first kappa shape index (κ1) is 15.1. The summed E-state index contributed by atoms with van der Waals surface area (Å²) < 4.78 is 0. The zero-order valence-electron chi connectivity index (χ0n) is 13.1. The van der Waals surface area contributed by atoms with Crippen molar-refractivity contribution in [2.24, 2.45) is 0 Å². The summed E-state index contributed by atoms with van der Waals surface area (Å²) in [7, 11) is 0. The molecule has 2 rings (SSSR count). The van der Waals surface area contributed by atoms with Gasteiger partial charge in [-0.25, -0.2) is 9.97 Å². The third kappa shape index (κ3) is 4.09. The van der Waals surface area contributed by atoms with Crippen LogP contribution in [0.15, 0.2) is 0 Å². The Kier molecular flexibility index (Phi) is 5.62. The smallest absolute Gasteiger partial charge is 0.134 e. The van der Waals surface area contributed by atoms with Crippen molar-refractivity contribution in [2.45, 2.75) is 71.8 Å². The van der Waals surface area contributed by atoms with Crippen LogP contribution in [0.2, 0.25) is 0 Å². The molecule has 0 radical (unpaired) electrons. The van der Waals surface area contributed by atoms with E-state index in [9.17, 15) is 0 Å². The molecule has 1 aliphatic carbocycles. The summed E-state index contributed by atoms with van der Waals surface area (Å²) in [5.41, 5.74) is 1.15. The van der Waals surface area contributed by atoms with E-state index in [-0.39, 0.29) is 0 Å². The van der Waals surface area contributed by atoms with Gasteiger partial charge in [0.05, 0.1) is 0 Å². The van der Waals surface area contributed by atoms with Crippen LogP contribution in [0.4, 0.5) is 11.6 Å². The highest BCUT2D eigenvalue weighted by Gasteiger charge is 2.15. The molecule has 0 spiro atoms. The van der Waals surface area contributed by atoms with Crippen molar-refractivity contribution < 1.29 is 0 Å². The summed E-state index contributed by atoms with van der Waals surface area (Å²) in [6, 6.07) is 0.574. The molecule has 20 heavy (non-hydrogen) atoms. The molecule has 4 heteroatoms. The van der Waals surface area contributed by atoms with E-state index in [0.717, 1.165) is 36.0 Å². The second kappa shape index (κ2) is 7.46. The molecule has 0 saturated heterocycles. The van der Waals surface area contributed by atoms with Gasteiger partial charge in [0, 0.05) is 18.2 Å². The molecule has 0 amide bonds. The van der Waals surface area contributed by atoms with Crippen LogP contribution in [0.3, 0.4) is 0 Å². The average Bonchev–Trinajstić information content (AvgIpc) is 2.69. The molecular weight excluding hydrogens is 248 g/mol. The van der Waals surface area contributed by atoms with E-state index in [1.165, 1.54) is 38.5 Å². The van der Waals surface area contributed by atoms with E-state index in [1.807, 2.05) is 6.92 Å². The van der Waals surface area contributed by atoms with Gasteiger partial charge in [-0.05, 0) is 33.1 Å². The van der Waals surface area contributed by atoms with E-state index in [0.29, 0.717) is 6.04 Å². The quantitative estimate of drug-likeness (QED) is 0.797. The fraction of sp³-hybridized carbons (Fsp3) is 0.750. The molecule has 4 nitrogen and oxygen atoms in total. The maximum Gasteiger partial charge on any atom is 0.134 e. The lowest BCUT2D eigenvalue weighted by atomic mass is 10.1. The van der Waals surface area contributed by atoms with Crippen molar-refractivity contribution in [1.29, 1.82) is 0 Å². The number of anilines is 2. The van der Waals surface area contributed by atoms with Crippen LogP contribution in [0.5, 0.6) is 0 Å². The highest BCUT2D eigenvalue weighted by atomic mass is 15.1. The Morgan fingerprint density at radius 3 is 2.30 bits per heavy atom. The molecule has 1 heterocycles. The maximum absolute atomic E-state index is 4.60. The molecule has 0 aliphatic heterocycles. The molecule has 0 aromatic carbocycles. The fourth-order valence-corrected chi connectivity index (χ4v) is 2.80. The third-order valence-electron chi connectivity index (χ3n) is 4.00. The first-order valence-electron chi connectivity index (χ1n) is 8.06. The van der Waals surface area contributed by atoms with Gasteiger partial charge < -0.3 is 10.6 Å². The Balaban J connectivity index is 2.11.